The third-order valence-corrected chi connectivity index (χ3v) is 4.31. The van der Waals surface area contributed by atoms with Crippen molar-refractivity contribution in [3.63, 3.8) is 0 Å². The molecule has 0 bridgehead atoms. The molecule has 0 aromatic heterocycles. The van der Waals surface area contributed by atoms with Crippen LogP contribution in [0.3, 0.4) is 0 Å². The Hall–Kier alpha value is -3.10. The molecule has 0 saturated heterocycles. The Balaban J connectivity index is 2.12. The van der Waals surface area contributed by atoms with Crippen molar-refractivity contribution in [2.24, 2.45) is 0 Å². The van der Waals surface area contributed by atoms with Gasteiger partial charge in [0, 0.05) is 23.6 Å². The van der Waals surface area contributed by atoms with E-state index in [0.29, 0.717) is 23.3 Å². The van der Waals surface area contributed by atoms with Gasteiger partial charge in [-0.05, 0) is 37.6 Å². The highest BCUT2D eigenvalue weighted by Crippen LogP contribution is 2.40. The fraction of sp³-hybridized carbons (Fsp3) is 0.238. The molecule has 0 spiro atoms. The van der Waals surface area contributed by atoms with E-state index in [9.17, 15) is 10.2 Å². The molecule has 0 aliphatic carbocycles. The molecule has 1 heterocycles. The molecule has 5 heteroatoms. The molecule has 0 saturated carbocycles. The summed E-state index contributed by atoms with van der Waals surface area (Å²) in [6, 6.07) is 10.6. The van der Waals surface area contributed by atoms with E-state index in [4.69, 9.17) is 9.57 Å². The molecule has 3 rings (SSSR count). The summed E-state index contributed by atoms with van der Waals surface area (Å²) in [5, 5.41) is 20.4. The Kier molecular flexibility index (Phi) is 5.06. The molecule has 1 atom stereocenters. The lowest BCUT2D eigenvalue weighted by Crippen LogP contribution is -2.18. The van der Waals surface area contributed by atoms with E-state index in [1.807, 2.05) is 31.2 Å². The van der Waals surface area contributed by atoms with Crippen molar-refractivity contribution in [2.45, 2.75) is 26.3 Å². The standard InChI is InChI=1S/C21H21NO4/c1-4-5-6-15-11-17(19(24)12-18(15)23)21-20(13(2)22-26-21)14-7-9-16(25-3)10-8-14/h7-13,22-24H,6H2,1-3H3. The second-order valence-electron chi connectivity index (χ2n) is 6.01. The lowest BCUT2D eigenvalue weighted by atomic mass is 9.95. The molecule has 3 N–H and O–H groups in total. The molecule has 0 amide bonds. The van der Waals surface area contributed by atoms with Crippen molar-refractivity contribution in [2.75, 3.05) is 7.11 Å². The van der Waals surface area contributed by atoms with Gasteiger partial charge in [0.15, 0.2) is 5.76 Å². The molecule has 1 aliphatic heterocycles. The number of hydroxylamine groups is 1. The number of hydrogen-bond donors (Lipinski definition) is 3. The second-order valence-corrected chi connectivity index (χ2v) is 6.01. The van der Waals surface area contributed by atoms with E-state index >= 15 is 0 Å². The van der Waals surface area contributed by atoms with Gasteiger partial charge in [0.2, 0.25) is 0 Å². The first-order valence-electron chi connectivity index (χ1n) is 8.31. The maximum absolute atomic E-state index is 10.4. The molecule has 0 radical (unpaired) electrons. The summed E-state index contributed by atoms with van der Waals surface area (Å²) in [6.07, 6.45) is 0.393. The summed E-state index contributed by atoms with van der Waals surface area (Å²) in [4.78, 5) is 5.68. The van der Waals surface area contributed by atoms with Crippen molar-refractivity contribution in [1.82, 2.24) is 5.48 Å². The first-order valence-corrected chi connectivity index (χ1v) is 8.31. The van der Waals surface area contributed by atoms with Crippen LogP contribution in [-0.2, 0) is 11.3 Å². The summed E-state index contributed by atoms with van der Waals surface area (Å²) in [6.45, 7) is 3.72. The van der Waals surface area contributed by atoms with E-state index < -0.39 is 0 Å². The molecule has 5 nitrogen and oxygen atoms in total. The summed E-state index contributed by atoms with van der Waals surface area (Å²) >= 11 is 0. The topological polar surface area (TPSA) is 71.0 Å². The SMILES string of the molecule is CC#CCc1cc(C2=C(c3ccc(OC)cc3)C(C)NO2)c(O)cc1O. The Morgan fingerprint density at radius 2 is 1.88 bits per heavy atom. The van der Waals surface area contributed by atoms with Crippen molar-refractivity contribution < 1.29 is 19.8 Å². The summed E-state index contributed by atoms with van der Waals surface area (Å²) in [5.41, 5.74) is 5.97. The summed E-state index contributed by atoms with van der Waals surface area (Å²) in [5.74, 6) is 7.00. The van der Waals surface area contributed by atoms with E-state index in [-0.39, 0.29) is 17.5 Å². The Morgan fingerprint density at radius 3 is 2.54 bits per heavy atom. The van der Waals surface area contributed by atoms with Gasteiger partial charge in [0.05, 0.1) is 18.7 Å². The van der Waals surface area contributed by atoms with Gasteiger partial charge in [-0.1, -0.05) is 18.1 Å². The minimum Gasteiger partial charge on any atom is -0.507 e. The zero-order valence-electron chi connectivity index (χ0n) is 15.0. The maximum Gasteiger partial charge on any atom is 0.163 e. The first kappa shape index (κ1) is 17.7. The molecular formula is C21H21NO4. The molecule has 26 heavy (non-hydrogen) atoms. The first-order chi connectivity index (χ1) is 12.5. The van der Waals surface area contributed by atoms with Crippen molar-refractivity contribution >= 4 is 11.3 Å². The van der Waals surface area contributed by atoms with Crippen LogP contribution in [0, 0.1) is 11.8 Å². The molecule has 134 valence electrons. The molecule has 0 fully saturated rings. The van der Waals surface area contributed by atoms with Crippen LogP contribution in [0.4, 0.5) is 0 Å². The quantitative estimate of drug-likeness (QED) is 0.736. The molecule has 2 aromatic carbocycles. The minimum absolute atomic E-state index is 0.0135. The highest BCUT2D eigenvalue weighted by Gasteiger charge is 2.28. The van der Waals surface area contributed by atoms with Gasteiger partial charge in [-0.2, -0.15) is 0 Å². The fourth-order valence-electron chi connectivity index (χ4n) is 2.94. The van der Waals surface area contributed by atoms with Gasteiger partial charge in [0.25, 0.3) is 0 Å². The van der Waals surface area contributed by atoms with Crippen LogP contribution in [0.15, 0.2) is 36.4 Å². The Morgan fingerprint density at radius 1 is 1.15 bits per heavy atom. The number of phenolic OH excluding ortho intramolecular Hbond substituents is 2. The monoisotopic (exact) mass is 351 g/mol. The van der Waals surface area contributed by atoms with Crippen LogP contribution in [0.1, 0.15) is 30.5 Å². The van der Waals surface area contributed by atoms with Gasteiger partial charge >= 0.3 is 0 Å². The van der Waals surface area contributed by atoms with Gasteiger partial charge in [-0.3, -0.25) is 0 Å². The average Bonchev–Trinajstić information content (AvgIpc) is 3.02. The molecule has 1 aliphatic rings. The smallest absolute Gasteiger partial charge is 0.163 e. The average molecular weight is 351 g/mol. The van der Waals surface area contributed by atoms with Crippen LogP contribution >= 0.6 is 0 Å². The zero-order valence-corrected chi connectivity index (χ0v) is 15.0. The van der Waals surface area contributed by atoms with Gasteiger partial charge < -0.3 is 19.8 Å². The highest BCUT2D eigenvalue weighted by molar-refractivity contribution is 5.93. The van der Waals surface area contributed by atoms with Crippen LogP contribution in [-0.4, -0.2) is 23.4 Å². The van der Waals surface area contributed by atoms with Crippen LogP contribution in [0.25, 0.3) is 11.3 Å². The number of aromatic hydroxyl groups is 2. The molecular weight excluding hydrogens is 330 g/mol. The van der Waals surface area contributed by atoms with Crippen LogP contribution in [0.2, 0.25) is 0 Å². The zero-order chi connectivity index (χ0) is 18.7. The summed E-state index contributed by atoms with van der Waals surface area (Å²) < 4.78 is 5.21. The number of nitrogens with one attached hydrogen (secondary N) is 1. The number of hydrogen-bond acceptors (Lipinski definition) is 5. The van der Waals surface area contributed by atoms with E-state index in [0.717, 1.165) is 16.9 Å². The second kappa shape index (κ2) is 7.42. The third-order valence-electron chi connectivity index (χ3n) is 4.31. The fourth-order valence-corrected chi connectivity index (χ4v) is 2.94. The van der Waals surface area contributed by atoms with Crippen molar-refractivity contribution in [3.05, 3.63) is 53.1 Å². The Labute approximate surface area is 152 Å². The maximum atomic E-state index is 10.4. The highest BCUT2D eigenvalue weighted by atomic mass is 16.7. The summed E-state index contributed by atoms with van der Waals surface area (Å²) in [7, 11) is 1.62. The number of phenols is 2. The van der Waals surface area contributed by atoms with E-state index in [1.165, 1.54) is 6.07 Å². The number of rotatable bonds is 4. The third kappa shape index (κ3) is 3.32. The van der Waals surface area contributed by atoms with E-state index in [2.05, 4.69) is 17.3 Å². The Bertz CT molecular complexity index is 904. The van der Waals surface area contributed by atoms with Crippen molar-refractivity contribution in [1.29, 1.82) is 0 Å². The minimum atomic E-state index is -0.0644. The predicted molar refractivity (Wildman–Crippen MR) is 100 cm³/mol. The largest absolute Gasteiger partial charge is 0.507 e. The van der Waals surface area contributed by atoms with E-state index in [1.54, 1.807) is 20.1 Å². The molecule has 1 unspecified atom stereocenters. The van der Waals surface area contributed by atoms with Crippen LogP contribution < -0.4 is 10.2 Å². The van der Waals surface area contributed by atoms with Gasteiger partial charge in [0.1, 0.15) is 17.2 Å². The van der Waals surface area contributed by atoms with Crippen molar-refractivity contribution in [3.8, 4) is 29.1 Å². The van der Waals surface area contributed by atoms with Gasteiger partial charge in [-0.25, -0.2) is 0 Å². The number of methoxy groups -OCH3 is 1. The number of ether oxygens (including phenoxy) is 1. The molecule has 2 aromatic rings. The number of benzene rings is 2. The predicted octanol–water partition coefficient (Wildman–Crippen LogP) is 3.46. The lowest BCUT2D eigenvalue weighted by Gasteiger charge is -2.12. The van der Waals surface area contributed by atoms with Gasteiger partial charge in [-0.15, -0.1) is 11.4 Å². The normalized spacial score (nSPS) is 16.0. The van der Waals surface area contributed by atoms with Crippen LogP contribution in [0.5, 0.6) is 17.2 Å². The lowest BCUT2D eigenvalue weighted by molar-refractivity contribution is 0.167.